The average Bonchev–Trinajstić information content (AvgIpc) is 3.20. The van der Waals surface area contributed by atoms with Crippen molar-refractivity contribution in [3.63, 3.8) is 0 Å². The van der Waals surface area contributed by atoms with E-state index >= 15 is 0 Å². The summed E-state index contributed by atoms with van der Waals surface area (Å²) in [5, 5.41) is 6.83. The van der Waals surface area contributed by atoms with Crippen LogP contribution in [0.5, 0.6) is 0 Å². The largest absolute Gasteiger partial charge is 0.341 e. The van der Waals surface area contributed by atoms with E-state index in [1.807, 2.05) is 13.0 Å². The summed E-state index contributed by atoms with van der Waals surface area (Å²) in [5.74, 6) is -5.31. The third-order valence-corrected chi connectivity index (χ3v) is 7.82. The Labute approximate surface area is 182 Å². The molecule has 3 aromatic rings. The quantitative estimate of drug-likeness (QED) is 0.599. The first-order valence-corrected chi connectivity index (χ1v) is 12.7. The third kappa shape index (κ3) is 3.91. The van der Waals surface area contributed by atoms with Crippen molar-refractivity contribution in [2.24, 2.45) is 0 Å². The van der Waals surface area contributed by atoms with E-state index in [4.69, 9.17) is 0 Å². The Morgan fingerprint density at radius 2 is 1.84 bits per heavy atom. The van der Waals surface area contributed by atoms with Gasteiger partial charge < -0.3 is 5.32 Å². The molecule has 4 rings (SSSR count). The lowest BCUT2D eigenvalue weighted by molar-refractivity contribution is 0.102. The van der Waals surface area contributed by atoms with E-state index in [0.717, 1.165) is 17.7 Å². The van der Waals surface area contributed by atoms with Gasteiger partial charge in [-0.15, -0.1) is 0 Å². The van der Waals surface area contributed by atoms with Crippen LogP contribution in [0.15, 0.2) is 53.4 Å². The zero-order chi connectivity index (χ0) is 23.3. The van der Waals surface area contributed by atoms with Crippen LogP contribution >= 0.6 is 0 Å². The molecule has 12 heteroatoms. The molecule has 1 amide bonds. The number of hydrogen-bond acceptors (Lipinski definition) is 6. The van der Waals surface area contributed by atoms with E-state index in [2.05, 4.69) is 10.4 Å². The van der Waals surface area contributed by atoms with Crippen LogP contribution in [0.3, 0.4) is 0 Å². The Bertz CT molecular complexity index is 1450. The molecule has 0 radical (unpaired) electrons. The molecule has 2 heterocycles. The van der Waals surface area contributed by atoms with Gasteiger partial charge in [0, 0.05) is 5.56 Å². The van der Waals surface area contributed by atoms with Crippen LogP contribution in [0.1, 0.15) is 27.2 Å². The highest BCUT2D eigenvalue weighted by atomic mass is 32.2. The number of carbonyl (C=O) groups excluding carboxylic acids is 1. The van der Waals surface area contributed by atoms with Gasteiger partial charge in [-0.05, 0) is 36.8 Å². The van der Waals surface area contributed by atoms with E-state index in [-0.39, 0.29) is 28.6 Å². The maximum atomic E-state index is 13.1. The number of nitrogens with zero attached hydrogens (tertiary/aromatic N) is 2. The van der Waals surface area contributed by atoms with Crippen molar-refractivity contribution in [2.45, 2.75) is 29.1 Å². The summed E-state index contributed by atoms with van der Waals surface area (Å²) in [5.41, 5.74) is 1.47. The summed E-state index contributed by atoms with van der Waals surface area (Å²) < 4.78 is 75.8. The van der Waals surface area contributed by atoms with Crippen molar-refractivity contribution in [3.05, 3.63) is 70.9 Å². The van der Waals surface area contributed by atoms with Crippen molar-refractivity contribution in [1.82, 2.24) is 9.78 Å². The first-order valence-electron chi connectivity index (χ1n) is 9.30. The standard InChI is InChI=1S/C20H17F2N3O5S2/c1-12-5-4-6-13(9-12)25-18(15-10-31(27,28)11-16(15)24-25)23-19(26)14-7-2-3-8-17(14)32(29,30)20(21)22/h2-9,20H,10-11H2,1H3,(H,23,26). The minimum absolute atomic E-state index is 0.0425. The van der Waals surface area contributed by atoms with Gasteiger partial charge in [-0.3, -0.25) is 4.79 Å². The Hall–Kier alpha value is -3.12. The van der Waals surface area contributed by atoms with Crippen LogP contribution in [0, 0.1) is 6.92 Å². The summed E-state index contributed by atoms with van der Waals surface area (Å²) in [7, 11) is -8.50. The van der Waals surface area contributed by atoms with Gasteiger partial charge in [0.05, 0.1) is 33.3 Å². The third-order valence-electron chi connectivity index (χ3n) is 4.94. The molecule has 168 valence electrons. The Balaban J connectivity index is 1.82. The van der Waals surface area contributed by atoms with Crippen LogP contribution in [0.4, 0.5) is 14.6 Å². The highest BCUT2D eigenvalue weighted by molar-refractivity contribution is 7.91. The van der Waals surface area contributed by atoms with Crippen molar-refractivity contribution < 1.29 is 30.4 Å². The van der Waals surface area contributed by atoms with Crippen LogP contribution in [-0.4, -0.2) is 38.3 Å². The Kier molecular flexibility index (Phi) is 5.37. The smallest absolute Gasteiger partial charge is 0.306 e. The zero-order valence-electron chi connectivity index (χ0n) is 16.6. The molecule has 0 atom stereocenters. The number of nitrogens with one attached hydrogen (secondary N) is 1. The molecule has 2 aromatic carbocycles. The number of hydrogen-bond donors (Lipinski definition) is 1. The molecule has 0 fully saturated rings. The topological polar surface area (TPSA) is 115 Å². The molecule has 1 N–H and O–H groups in total. The van der Waals surface area contributed by atoms with Crippen molar-refractivity contribution in [3.8, 4) is 5.69 Å². The van der Waals surface area contributed by atoms with E-state index in [9.17, 15) is 30.4 Å². The van der Waals surface area contributed by atoms with Gasteiger partial charge in [0.2, 0.25) is 9.84 Å². The molecule has 0 unspecified atom stereocenters. The second-order valence-corrected chi connectivity index (χ2v) is 11.3. The maximum Gasteiger partial charge on any atom is 0.341 e. The van der Waals surface area contributed by atoms with Gasteiger partial charge in [0.25, 0.3) is 5.91 Å². The van der Waals surface area contributed by atoms with E-state index in [1.165, 1.54) is 16.8 Å². The minimum Gasteiger partial charge on any atom is -0.306 e. The monoisotopic (exact) mass is 481 g/mol. The fourth-order valence-corrected chi connectivity index (χ4v) is 5.91. The second-order valence-electron chi connectivity index (χ2n) is 7.31. The summed E-state index contributed by atoms with van der Waals surface area (Å²) in [6.07, 6.45) is 0. The van der Waals surface area contributed by atoms with Crippen molar-refractivity contribution in [2.75, 3.05) is 5.32 Å². The van der Waals surface area contributed by atoms with E-state index in [1.54, 1.807) is 18.2 Å². The normalized spacial score (nSPS) is 15.0. The fraction of sp³-hybridized carbons (Fsp3) is 0.200. The molecular formula is C20H17F2N3O5S2. The summed E-state index contributed by atoms with van der Waals surface area (Å²) in [6, 6.07) is 11.7. The lowest BCUT2D eigenvalue weighted by Gasteiger charge is -2.13. The number of fused-ring (bicyclic) bond motifs is 1. The van der Waals surface area contributed by atoms with Crippen LogP contribution in [0.2, 0.25) is 0 Å². The SMILES string of the molecule is Cc1cccc(-n2nc3c(c2NC(=O)c2ccccc2S(=O)(=O)C(F)F)CS(=O)(=O)C3)c1. The molecule has 1 aliphatic rings. The first-order chi connectivity index (χ1) is 15.0. The minimum atomic E-state index is -5.04. The lowest BCUT2D eigenvalue weighted by atomic mass is 10.2. The number of halogens is 2. The van der Waals surface area contributed by atoms with Gasteiger partial charge in [-0.2, -0.15) is 13.9 Å². The van der Waals surface area contributed by atoms with Crippen molar-refractivity contribution in [1.29, 1.82) is 0 Å². The molecule has 0 saturated heterocycles. The molecule has 1 aromatic heterocycles. The Morgan fingerprint density at radius 3 is 2.53 bits per heavy atom. The number of aromatic nitrogens is 2. The van der Waals surface area contributed by atoms with Gasteiger partial charge in [-0.1, -0.05) is 24.3 Å². The van der Waals surface area contributed by atoms with Gasteiger partial charge in [0.1, 0.15) is 5.82 Å². The van der Waals surface area contributed by atoms with Crippen LogP contribution in [-0.2, 0) is 31.2 Å². The van der Waals surface area contributed by atoms with Gasteiger partial charge >= 0.3 is 5.76 Å². The van der Waals surface area contributed by atoms with E-state index < -0.39 is 41.8 Å². The molecule has 32 heavy (non-hydrogen) atoms. The number of rotatable bonds is 5. The molecule has 0 spiro atoms. The predicted molar refractivity (Wildman–Crippen MR) is 112 cm³/mol. The maximum absolute atomic E-state index is 13.1. The highest BCUT2D eigenvalue weighted by Gasteiger charge is 2.35. The molecule has 0 saturated carbocycles. The van der Waals surface area contributed by atoms with Crippen molar-refractivity contribution >= 4 is 31.4 Å². The number of benzene rings is 2. The van der Waals surface area contributed by atoms with Gasteiger partial charge in [-0.25, -0.2) is 21.5 Å². The summed E-state index contributed by atoms with van der Waals surface area (Å²) in [4.78, 5) is 12.2. The van der Waals surface area contributed by atoms with Crippen LogP contribution in [0.25, 0.3) is 5.69 Å². The lowest BCUT2D eigenvalue weighted by Crippen LogP contribution is -2.21. The number of amides is 1. The second kappa shape index (κ2) is 7.78. The molecular weight excluding hydrogens is 464 g/mol. The number of aryl methyl sites for hydroxylation is 1. The number of sulfone groups is 2. The Morgan fingerprint density at radius 1 is 1.12 bits per heavy atom. The summed E-state index contributed by atoms with van der Waals surface area (Å²) in [6.45, 7) is 1.84. The molecule has 8 nitrogen and oxygen atoms in total. The molecule has 0 aliphatic carbocycles. The molecule has 1 aliphatic heterocycles. The molecule has 0 bridgehead atoms. The highest BCUT2D eigenvalue weighted by Crippen LogP contribution is 2.34. The van der Waals surface area contributed by atoms with Gasteiger partial charge in [0.15, 0.2) is 9.84 Å². The first kappa shape index (κ1) is 22.1. The number of anilines is 1. The summed E-state index contributed by atoms with van der Waals surface area (Å²) >= 11 is 0. The zero-order valence-corrected chi connectivity index (χ0v) is 18.3. The van der Waals surface area contributed by atoms with E-state index in [0.29, 0.717) is 5.69 Å². The predicted octanol–water partition coefficient (Wildman–Crippen LogP) is 2.86. The van der Waals surface area contributed by atoms with Crippen LogP contribution < -0.4 is 5.32 Å². The number of carbonyl (C=O) groups is 1. The fourth-order valence-electron chi connectivity index (χ4n) is 3.49. The number of alkyl halides is 2. The average molecular weight is 482 g/mol.